The molecule has 0 aliphatic carbocycles. The summed E-state index contributed by atoms with van der Waals surface area (Å²) in [6.45, 7) is 11.4. The molecule has 0 aromatic heterocycles. The molecule has 0 radical (unpaired) electrons. The van der Waals surface area contributed by atoms with Crippen LogP contribution in [0.3, 0.4) is 0 Å². The minimum Gasteiger partial charge on any atom is -0.343 e. The SMILES string of the molecule is CC(=O)N1CCC(NCC(C)C(C)C)CC1. The molecule has 1 heterocycles. The standard InChI is InChI=1S/C13H26N2O/c1-10(2)11(3)9-14-13-5-7-15(8-6-13)12(4)16/h10-11,13-14H,5-9H2,1-4H3. The molecule has 94 valence electrons. The number of piperidine rings is 1. The van der Waals surface area contributed by atoms with Crippen LogP contribution in [0.1, 0.15) is 40.5 Å². The molecule has 16 heavy (non-hydrogen) atoms. The van der Waals surface area contributed by atoms with E-state index in [1.54, 1.807) is 6.92 Å². The quantitative estimate of drug-likeness (QED) is 0.794. The molecule has 0 aromatic carbocycles. The first kappa shape index (κ1) is 13.5. The van der Waals surface area contributed by atoms with Gasteiger partial charge in [-0.05, 0) is 31.2 Å². The zero-order valence-corrected chi connectivity index (χ0v) is 11.1. The van der Waals surface area contributed by atoms with E-state index in [1.807, 2.05) is 4.90 Å². The predicted octanol–water partition coefficient (Wildman–Crippen LogP) is 1.88. The smallest absolute Gasteiger partial charge is 0.219 e. The Morgan fingerprint density at radius 2 is 1.88 bits per heavy atom. The van der Waals surface area contributed by atoms with Gasteiger partial charge in [0.1, 0.15) is 0 Å². The van der Waals surface area contributed by atoms with E-state index in [1.165, 1.54) is 0 Å². The summed E-state index contributed by atoms with van der Waals surface area (Å²) < 4.78 is 0. The molecule has 1 rings (SSSR count). The maximum Gasteiger partial charge on any atom is 0.219 e. The number of hydrogen-bond donors (Lipinski definition) is 1. The molecule has 0 aromatic rings. The van der Waals surface area contributed by atoms with Crippen molar-refractivity contribution in [3.63, 3.8) is 0 Å². The van der Waals surface area contributed by atoms with E-state index in [9.17, 15) is 4.79 Å². The van der Waals surface area contributed by atoms with Crippen LogP contribution in [0, 0.1) is 11.8 Å². The van der Waals surface area contributed by atoms with Crippen LogP contribution in [0.15, 0.2) is 0 Å². The first-order chi connectivity index (χ1) is 7.50. The van der Waals surface area contributed by atoms with Crippen LogP contribution in [0.25, 0.3) is 0 Å². The van der Waals surface area contributed by atoms with Crippen LogP contribution in [-0.4, -0.2) is 36.5 Å². The lowest BCUT2D eigenvalue weighted by molar-refractivity contribution is -0.129. The fraction of sp³-hybridized carbons (Fsp3) is 0.923. The molecule has 0 spiro atoms. The first-order valence-electron chi connectivity index (χ1n) is 6.49. The van der Waals surface area contributed by atoms with Crippen LogP contribution in [0.2, 0.25) is 0 Å². The Morgan fingerprint density at radius 3 is 2.31 bits per heavy atom. The van der Waals surface area contributed by atoms with Gasteiger partial charge in [-0.3, -0.25) is 4.79 Å². The number of likely N-dealkylation sites (tertiary alicyclic amines) is 1. The van der Waals surface area contributed by atoms with Gasteiger partial charge in [0.25, 0.3) is 0 Å². The normalized spacial score (nSPS) is 20.2. The molecule has 3 heteroatoms. The highest BCUT2D eigenvalue weighted by Gasteiger charge is 2.20. The van der Waals surface area contributed by atoms with Gasteiger partial charge in [-0.15, -0.1) is 0 Å². The van der Waals surface area contributed by atoms with E-state index in [4.69, 9.17) is 0 Å². The van der Waals surface area contributed by atoms with Crippen LogP contribution in [0.4, 0.5) is 0 Å². The fourth-order valence-corrected chi connectivity index (χ4v) is 1.99. The van der Waals surface area contributed by atoms with Crippen molar-refractivity contribution in [1.82, 2.24) is 10.2 Å². The number of nitrogens with zero attached hydrogens (tertiary/aromatic N) is 1. The average molecular weight is 226 g/mol. The zero-order chi connectivity index (χ0) is 12.1. The molecule has 0 bridgehead atoms. The Kier molecular flexibility index (Phi) is 5.26. The van der Waals surface area contributed by atoms with Gasteiger partial charge in [0, 0.05) is 26.1 Å². The van der Waals surface area contributed by atoms with Crippen molar-refractivity contribution in [2.45, 2.75) is 46.6 Å². The molecule has 1 aliphatic rings. The Hall–Kier alpha value is -0.570. The van der Waals surface area contributed by atoms with Crippen molar-refractivity contribution in [1.29, 1.82) is 0 Å². The highest BCUT2D eigenvalue weighted by molar-refractivity contribution is 5.73. The third-order valence-electron chi connectivity index (χ3n) is 3.81. The molecule has 1 atom stereocenters. The van der Waals surface area contributed by atoms with Gasteiger partial charge in [-0.2, -0.15) is 0 Å². The summed E-state index contributed by atoms with van der Waals surface area (Å²) in [7, 11) is 0. The number of carbonyl (C=O) groups is 1. The highest BCUT2D eigenvalue weighted by Crippen LogP contribution is 2.13. The predicted molar refractivity (Wildman–Crippen MR) is 67.3 cm³/mol. The van der Waals surface area contributed by atoms with Crippen molar-refractivity contribution >= 4 is 5.91 Å². The average Bonchev–Trinajstić information content (AvgIpc) is 2.26. The van der Waals surface area contributed by atoms with Crippen LogP contribution in [-0.2, 0) is 4.79 Å². The van der Waals surface area contributed by atoms with Crippen LogP contribution >= 0.6 is 0 Å². The van der Waals surface area contributed by atoms with Crippen LogP contribution in [0.5, 0.6) is 0 Å². The van der Waals surface area contributed by atoms with Gasteiger partial charge in [0.15, 0.2) is 0 Å². The summed E-state index contributed by atoms with van der Waals surface area (Å²) in [5, 5.41) is 3.62. The van der Waals surface area contributed by atoms with Crippen LogP contribution < -0.4 is 5.32 Å². The van der Waals surface area contributed by atoms with Gasteiger partial charge in [0.05, 0.1) is 0 Å². The van der Waals surface area contributed by atoms with Gasteiger partial charge in [-0.25, -0.2) is 0 Å². The van der Waals surface area contributed by atoms with E-state index in [0.29, 0.717) is 6.04 Å². The molecule has 1 unspecified atom stereocenters. The van der Waals surface area contributed by atoms with Gasteiger partial charge in [-0.1, -0.05) is 20.8 Å². The lowest BCUT2D eigenvalue weighted by Gasteiger charge is -2.32. The summed E-state index contributed by atoms with van der Waals surface area (Å²) in [5.41, 5.74) is 0. The largest absolute Gasteiger partial charge is 0.343 e. The second-order valence-electron chi connectivity index (χ2n) is 5.41. The summed E-state index contributed by atoms with van der Waals surface area (Å²) in [6.07, 6.45) is 2.20. The van der Waals surface area contributed by atoms with Gasteiger partial charge < -0.3 is 10.2 Å². The van der Waals surface area contributed by atoms with E-state index in [0.717, 1.165) is 44.3 Å². The third kappa shape index (κ3) is 4.12. The second-order valence-corrected chi connectivity index (χ2v) is 5.41. The minimum atomic E-state index is 0.217. The van der Waals surface area contributed by atoms with Crippen molar-refractivity contribution < 1.29 is 4.79 Å². The lowest BCUT2D eigenvalue weighted by Crippen LogP contribution is -2.45. The van der Waals surface area contributed by atoms with E-state index in [-0.39, 0.29) is 5.91 Å². The number of nitrogens with one attached hydrogen (secondary N) is 1. The zero-order valence-electron chi connectivity index (χ0n) is 11.1. The topological polar surface area (TPSA) is 32.3 Å². The van der Waals surface area contributed by atoms with E-state index < -0.39 is 0 Å². The number of carbonyl (C=O) groups excluding carboxylic acids is 1. The Bertz CT molecular complexity index is 220. The summed E-state index contributed by atoms with van der Waals surface area (Å²) >= 11 is 0. The summed E-state index contributed by atoms with van der Waals surface area (Å²) in [4.78, 5) is 13.1. The Labute approximate surface area is 99.6 Å². The maximum atomic E-state index is 11.2. The fourth-order valence-electron chi connectivity index (χ4n) is 1.99. The monoisotopic (exact) mass is 226 g/mol. The van der Waals surface area contributed by atoms with Gasteiger partial charge in [0.2, 0.25) is 5.91 Å². The summed E-state index contributed by atoms with van der Waals surface area (Å²) in [5.74, 6) is 1.68. The molecule has 1 fully saturated rings. The lowest BCUT2D eigenvalue weighted by atomic mass is 9.97. The molecule has 0 saturated carbocycles. The minimum absolute atomic E-state index is 0.217. The molecular formula is C13H26N2O. The van der Waals surface area contributed by atoms with Crippen molar-refractivity contribution in [2.24, 2.45) is 11.8 Å². The highest BCUT2D eigenvalue weighted by atomic mass is 16.2. The van der Waals surface area contributed by atoms with Crippen molar-refractivity contribution in [3.8, 4) is 0 Å². The molecule has 1 saturated heterocycles. The number of amides is 1. The molecule has 1 amide bonds. The molecule has 1 N–H and O–H groups in total. The Balaban J connectivity index is 2.20. The Morgan fingerprint density at radius 1 is 1.31 bits per heavy atom. The van der Waals surface area contributed by atoms with E-state index in [2.05, 4.69) is 26.1 Å². The molecule has 3 nitrogen and oxygen atoms in total. The second kappa shape index (κ2) is 6.24. The molecule has 1 aliphatic heterocycles. The number of rotatable bonds is 4. The van der Waals surface area contributed by atoms with Crippen molar-refractivity contribution in [3.05, 3.63) is 0 Å². The third-order valence-corrected chi connectivity index (χ3v) is 3.81. The number of hydrogen-bond acceptors (Lipinski definition) is 2. The maximum absolute atomic E-state index is 11.2. The molecular weight excluding hydrogens is 200 g/mol. The first-order valence-corrected chi connectivity index (χ1v) is 6.49. The van der Waals surface area contributed by atoms with E-state index >= 15 is 0 Å². The summed E-state index contributed by atoms with van der Waals surface area (Å²) in [6, 6.07) is 0.608. The van der Waals surface area contributed by atoms with Crippen molar-refractivity contribution in [2.75, 3.05) is 19.6 Å². The van der Waals surface area contributed by atoms with Gasteiger partial charge >= 0.3 is 0 Å².